The zero-order chi connectivity index (χ0) is 13.1. The van der Waals surface area contributed by atoms with Crippen molar-refractivity contribution in [3.63, 3.8) is 0 Å². The Balaban J connectivity index is 2.15. The summed E-state index contributed by atoms with van der Waals surface area (Å²) in [5, 5.41) is 3.59. The molecule has 0 spiro atoms. The van der Waals surface area contributed by atoms with Crippen LogP contribution in [0.5, 0.6) is 0 Å². The first-order valence-electron chi connectivity index (χ1n) is 6.23. The molecule has 1 unspecified atom stereocenters. The lowest BCUT2D eigenvalue weighted by molar-refractivity contribution is -0.138. The van der Waals surface area contributed by atoms with Gasteiger partial charge >= 0.3 is 0 Å². The largest absolute Gasteiger partial charge is 0.373 e. The summed E-state index contributed by atoms with van der Waals surface area (Å²) >= 11 is 6.13. The highest BCUT2D eigenvalue weighted by Gasteiger charge is 2.25. The Morgan fingerprint density at radius 3 is 3.06 bits per heavy atom. The molecule has 1 N–H and O–H groups in total. The van der Waals surface area contributed by atoms with Gasteiger partial charge in [-0.25, -0.2) is 4.98 Å². The molecule has 0 aliphatic carbocycles. The van der Waals surface area contributed by atoms with Crippen LogP contribution in [0, 0.1) is 5.92 Å². The minimum atomic E-state index is 0.116. The molecular formula is C13H18ClN3O. The van der Waals surface area contributed by atoms with Gasteiger partial charge in [0.25, 0.3) is 0 Å². The molecule has 0 aromatic carbocycles. The Morgan fingerprint density at radius 1 is 1.56 bits per heavy atom. The SMILES string of the molecule is CNc1ccc(Cl)c(CN2CCCC(C)C2=O)n1. The summed E-state index contributed by atoms with van der Waals surface area (Å²) in [5.41, 5.74) is 0.756. The number of hydrogen-bond donors (Lipinski definition) is 1. The number of nitrogens with zero attached hydrogens (tertiary/aromatic N) is 2. The second kappa shape index (κ2) is 5.57. The van der Waals surface area contributed by atoms with Gasteiger partial charge in [0.1, 0.15) is 5.82 Å². The van der Waals surface area contributed by atoms with E-state index in [2.05, 4.69) is 10.3 Å². The van der Waals surface area contributed by atoms with E-state index in [1.54, 1.807) is 0 Å². The van der Waals surface area contributed by atoms with Crippen LogP contribution in [0.1, 0.15) is 25.5 Å². The van der Waals surface area contributed by atoms with Gasteiger partial charge in [-0.1, -0.05) is 18.5 Å². The number of amides is 1. The normalized spacial score (nSPS) is 20.1. The fourth-order valence-electron chi connectivity index (χ4n) is 2.21. The molecule has 4 nitrogen and oxygen atoms in total. The highest BCUT2D eigenvalue weighted by molar-refractivity contribution is 6.31. The van der Waals surface area contributed by atoms with Crippen LogP contribution in [0.4, 0.5) is 5.82 Å². The van der Waals surface area contributed by atoms with Gasteiger partial charge in [-0.05, 0) is 25.0 Å². The van der Waals surface area contributed by atoms with Crippen molar-refractivity contribution in [2.24, 2.45) is 5.92 Å². The molecule has 2 rings (SSSR count). The number of pyridine rings is 1. The fraction of sp³-hybridized carbons (Fsp3) is 0.538. The zero-order valence-corrected chi connectivity index (χ0v) is 11.5. The van der Waals surface area contributed by atoms with Gasteiger partial charge < -0.3 is 10.2 Å². The smallest absolute Gasteiger partial charge is 0.225 e. The second-order valence-corrected chi connectivity index (χ2v) is 5.09. The number of hydrogen-bond acceptors (Lipinski definition) is 3. The molecular weight excluding hydrogens is 250 g/mol. The Labute approximate surface area is 112 Å². The highest BCUT2D eigenvalue weighted by atomic mass is 35.5. The van der Waals surface area contributed by atoms with Gasteiger partial charge in [-0.2, -0.15) is 0 Å². The first-order valence-corrected chi connectivity index (χ1v) is 6.61. The number of anilines is 1. The van der Waals surface area contributed by atoms with Crippen LogP contribution >= 0.6 is 11.6 Å². The van der Waals surface area contributed by atoms with E-state index >= 15 is 0 Å². The molecule has 1 amide bonds. The van der Waals surface area contributed by atoms with E-state index in [-0.39, 0.29) is 11.8 Å². The van der Waals surface area contributed by atoms with E-state index in [0.29, 0.717) is 11.6 Å². The molecule has 0 bridgehead atoms. The Kier molecular flexibility index (Phi) is 4.07. The number of rotatable bonds is 3. The van der Waals surface area contributed by atoms with Crippen molar-refractivity contribution in [2.75, 3.05) is 18.9 Å². The molecule has 1 fully saturated rings. The van der Waals surface area contributed by atoms with Crippen LogP contribution in [0.25, 0.3) is 0 Å². The molecule has 1 aliphatic rings. The van der Waals surface area contributed by atoms with Crippen molar-refractivity contribution >= 4 is 23.3 Å². The number of carbonyl (C=O) groups is 1. The third-order valence-electron chi connectivity index (χ3n) is 3.31. The quantitative estimate of drug-likeness (QED) is 0.915. The summed E-state index contributed by atoms with van der Waals surface area (Å²) < 4.78 is 0. The van der Waals surface area contributed by atoms with Crippen molar-refractivity contribution < 1.29 is 4.79 Å². The molecule has 0 radical (unpaired) electrons. The van der Waals surface area contributed by atoms with Gasteiger partial charge in [0.2, 0.25) is 5.91 Å². The average molecular weight is 268 g/mol. The van der Waals surface area contributed by atoms with E-state index in [4.69, 9.17) is 11.6 Å². The zero-order valence-electron chi connectivity index (χ0n) is 10.7. The van der Waals surface area contributed by atoms with Gasteiger partial charge in [0, 0.05) is 19.5 Å². The van der Waals surface area contributed by atoms with Crippen LogP contribution < -0.4 is 5.32 Å². The summed E-state index contributed by atoms with van der Waals surface area (Å²) in [6, 6.07) is 3.64. The number of nitrogens with one attached hydrogen (secondary N) is 1. The topological polar surface area (TPSA) is 45.2 Å². The molecule has 1 aromatic heterocycles. The van der Waals surface area contributed by atoms with Crippen LogP contribution in [0.15, 0.2) is 12.1 Å². The molecule has 18 heavy (non-hydrogen) atoms. The van der Waals surface area contributed by atoms with Crippen molar-refractivity contribution in [3.05, 3.63) is 22.8 Å². The molecule has 1 aromatic rings. The van der Waals surface area contributed by atoms with Crippen LogP contribution in [-0.2, 0) is 11.3 Å². The van der Waals surface area contributed by atoms with Crippen LogP contribution in [0.2, 0.25) is 5.02 Å². The number of halogens is 1. The summed E-state index contributed by atoms with van der Waals surface area (Å²) in [4.78, 5) is 18.3. The predicted octanol–water partition coefficient (Wildman–Crippen LogP) is 2.54. The van der Waals surface area contributed by atoms with Gasteiger partial charge in [-0.3, -0.25) is 4.79 Å². The third kappa shape index (κ3) is 2.75. The standard InChI is InChI=1S/C13H18ClN3O/c1-9-4-3-7-17(13(9)18)8-11-10(14)5-6-12(15-2)16-11/h5-6,9H,3-4,7-8H2,1-2H3,(H,15,16). The van der Waals surface area contributed by atoms with Crippen molar-refractivity contribution in [1.29, 1.82) is 0 Å². The summed E-state index contributed by atoms with van der Waals surface area (Å²) in [6.07, 6.45) is 2.03. The molecule has 1 atom stereocenters. The van der Waals surface area contributed by atoms with Gasteiger partial charge in [0.05, 0.1) is 17.3 Å². The molecule has 98 valence electrons. The van der Waals surface area contributed by atoms with Gasteiger partial charge in [0.15, 0.2) is 0 Å². The Bertz CT molecular complexity index is 450. The lowest BCUT2D eigenvalue weighted by Gasteiger charge is -2.30. The molecule has 2 heterocycles. The Morgan fingerprint density at radius 2 is 2.33 bits per heavy atom. The molecule has 1 saturated heterocycles. The minimum Gasteiger partial charge on any atom is -0.373 e. The second-order valence-electron chi connectivity index (χ2n) is 4.68. The fourth-order valence-corrected chi connectivity index (χ4v) is 2.37. The summed E-state index contributed by atoms with van der Waals surface area (Å²) in [6.45, 7) is 3.27. The van der Waals surface area contributed by atoms with E-state index in [1.807, 2.05) is 31.0 Å². The molecule has 5 heteroatoms. The monoisotopic (exact) mass is 267 g/mol. The van der Waals surface area contributed by atoms with Crippen LogP contribution in [-0.4, -0.2) is 29.4 Å². The average Bonchev–Trinajstić information content (AvgIpc) is 2.37. The van der Waals surface area contributed by atoms with Crippen molar-refractivity contribution in [3.8, 4) is 0 Å². The van der Waals surface area contributed by atoms with E-state index in [1.165, 1.54) is 0 Å². The molecule has 1 aliphatic heterocycles. The number of piperidine rings is 1. The van der Waals surface area contributed by atoms with Gasteiger partial charge in [-0.15, -0.1) is 0 Å². The molecule has 0 saturated carbocycles. The Hall–Kier alpha value is -1.29. The number of likely N-dealkylation sites (tertiary alicyclic amines) is 1. The number of carbonyl (C=O) groups excluding carboxylic acids is 1. The summed E-state index contributed by atoms with van der Waals surface area (Å²) in [7, 11) is 1.81. The van der Waals surface area contributed by atoms with E-state index in [0.717, 1.165) is 30.9 Å². The maximum absolute atomic E-state index is 12.0. The van der Waals surface area contributed by atoms with E-state index < -0.39 is 0 Å². The van der Waals surface area contributed by atoms with Crippen molar-refractivity contribution in [2.45, 2.75) is 26.3 Å². The maximum atomic E-state index is 12.0. The first kappa shape index (κ1) is 13.1. The lowest BCUT2D eigenvalue weighted by Crippen LogP contribution is -2.39. The number of aromatic nitrogens is 1. The maximum Gasteiger partial charge on any atom is 0.225 e. The van der Waals surface area contributed by atoms with Crippen LogP contribution in [0.3, 0.4) is 0 Å². The minimum absolute atomic E-state index is 0.116. The summed E-state index contributed by atoms with van der Waals surface area (Å²) in [5.74, 6) is 1.09. The van der Waals surface area contributed by atoms with Crippen molar-refractivity contribution in [1.82, 2.24) is 9.88 Å². The van der Waals surface area contributed by atoms with E-state index in [9.17, 15) is 4.79 Å². The first-order chi connectivity index (χ1) is 8.61. The highest BCUT2D eigenvalue weighted by Crippen LogP contribution is 2.22. The predicted molar refractivity (Wildman–Crippen MR) is 72.6 cm³/mol. The third-order valence-corrected chi connectivity index (χ3v) is 3.66. The lowest BCUT2D eigenvalue weighted by atomic mass is 9.99.